The van der Waals surface area contributed by atoms with E-state index in [-0.39, 0.29) is 34.4 Å². The molecule has 3 rings (SSSR count). The fourth-order valence-electron chi connectivity index (χ4n) is 4.30. The number of hydrogen-bond donors (Lipinski definition) is 3. The fourth-order valence-corrected chi connectivity index (χ4v) is 4.82. The van der Waals surface area contributed by atoms with Gasteiger partial charge in [0.2, 0.25) is 10.0 Å². The van der Waals surface area contributed by atoms with Crippen LogP contribution in [0.4, 0.5) is 0 Å². The number of guanidine groups is 1. The van der Waals surface area contributed by atoms with Gasteiger partial charge in [0.05, 0.1) is 18.1 Å². The van der Waals surface area contributed by atoms with Crippen LogP contribution in [0.3, 0.4) is 0 Å². The number of halogens is 1. The van der Waals surface area contributed by atoms with Crippen molar-refractivity contribution in [3.63, 3.8) is 0 Å². The molecule has 4 N–H and O–H groups in total. The number of primary sulfonamides is 1. The molecule has 0 aromatic heterocycles. The molecule has 0 radical (unpaired) electrons. The van der Waals surface area contributed by atoms with E-state index in [1.165, 1.54) is 44.2 Å². The molecular formula is C20H34IN5O3S. The number of morpholine rings is 1. The van der Waals surface area contributed by atoms with Crippen LogP contribution in [0.5, 0.6) is 0 Å². The van der Waals surface area contributed by atoms with E-state index in [2.05, 4.69) is 20.5 Å². The van der Waals surface area contributed by atoms with E-state index < -0.39 is 10.0 Å². The van der Waals surface area contributed by atoms with Crippen LogP contribution < -0.4 is 15.8 Å². The second kappa shape index (κ2) is 11.6. The lowest BCUT2D eigenvalue weighted by Crippen LogP contribution is -2.60. The van der Waals surface area contributed by atoms with Gasteiger partial charge in [0.15, 0.2) is 5.96 Å². The molecule has 1 saturated heterocycles. The Bertz CT molecular complexity index is 789. The molecule has 1 saturated carbocycles. The lowest BCUT2D eigenvalue weighted by molar-refractivity contribution is -0.0352. The number of benzene rings is 1. The van der Waals surface area contributed by atoms with Crippen LogP contribution in [0.1, 0.15) is 37.7 Å². The first kappa shape index (κ1) is 25.3. The van der Waals surface area contributed by atoms with E-state index in [0.717, 1.165) is 44.4 Å². The zero-order valence-corrected chi connectivity index (χ0v) is 20.7. The summed E-state index contributed by atoms with van der Waals surface area (Å²) in [6, 6.07) is 6.57. The monoisotopic (exact) mass is 551 g/mol. The summed E-state index contributed by atoms with van der Waals surface area (Å²) in [5.41, 5.74) is 1.12. The molecule has 0 bridgehead atoms. The molecule has 0 amide bonds. The standard InChI is InChI=1S/C20H33N5O3S.HI/c1-22-19(23-15-17-5-7-18(8-6-17)29(21,26)27)24-16-20(9-3-2-4-10-20)25-11-13-28-14-12-25;/h5-8H,2-4,9-16H2,1H3,(H2,21,26,27)(H2,22,23,24);1H. The number of sulfonamides is 1. The minimum absolute atomic E-state index is 0. The summed E-state index contributed by atoms with van der Waals surface area (Å²) in [7, 11) is -1.90. The first-order valence-electron chi connectivity index (χ1n) is 10.3. The minimum Gasteiger partial charge on any atom is -0.379 e. The van der Waals surface area contributed by atoms with E-state index in [9.17, 15) is 8.42 Å². The Labute approximate surface area is 197 Å². The van der Waals surface area contributed by atoms with Crippen molar-refractivity contribution in [3.8, 4) is 0 Å². The average molecular weight is 551 g/mol. The number of hydrogen-bond acceptors (Lipinski definition) is 5. The van der Waals surface area contributed by atoms with E-state index in [1.54, 1.807) is 19.2 Å². The third-order valence-corrected chi connectivity index (χ3v) is 6.92. The maximum atomic E-state index is 11.4. The Balaban J connectivity index is 0.00000320. The first-order valence-corrected chi connectivity index (χ1v) is 11.9. The normalized spacial score (nSPS) is 20.3. The lowest BCUT2D eigenvalue weighted by Gasteiger charge is -2.48. The Morgan fingerprint density at radius 3 is 2.33 bits per heavy atom. The molecule has 0 spiro atoms. The van der Waals surface area contributed by atoms with Crippen molar-refractivity contribution < 1.29 is 13.2 Å². The van der Waals surface area contributed by atoms with Gasteiger partial charge in [-0.2, -0.15) is 0 Å². The predicted molar refractivity (Wildman–Crippen MR) is 130 cm³/mol. The molecule has 170 valence electrons. The lowest BCUT2D eigenvalue weighted by atomic mass is 9.80. The van der Waals surface area contributed by atoms with Crippen LogP contribution in [-0.2, 0) is 21.3 Å². The number of nitrogens with two attached hydrogens (primary N) is 1. The molecule has 1 aromatic rings. The highest BCUT2D eigenvalue weighted by Gasteiger charge is 2.38. The van der Waals surface area contributed by atoms with Crippen LogP contribution in [0.2, 0.25) is 0 Å². The van der Waals surface area contributed by atoms with Crippen LogP contribution in [0.25, 0.3) is 0 Å². The molecule has 30 heavy (non-hydrogen) atoms. The van der Waals surface area contributed by atoms with Crippen LogP contribution in [0.15, 0.2) is 34.2 Å². The molecule has 1 heterocycles. The van der Waals surface area contributed by atoms with Gasteiger partial charge in [0.25, 0.3) is 0 Å². The molecule has 1 aliphatic heterocycles. The quantitative estimate of drug-likeness (QED) is 0.282. The molecule has 2 fully saturated rings. The second-order valence-electron chi connectivity index (χ2n) is 7.85. The second-order valence-corrected chi connectivity index (χ2v) is 9.41. The van der Waals surface area contributed by atoms with Crippen molar-refractivity contribution in [2.24, 2.45) is 10.1 Å². The van der Waals surface area contributed by atoms with Gasteiger partial charge in [-0.15, -0.1) is 24.0 Å². The van der Waals surface area contributed by atoms with Crippen LogP contribution >= 0.6 is 24.0 Å². The molecular weight excluding hydrogens is 517 g/mol. The van der Waals surface area contributed by atoms with Crippen molar-refractivity contribution >= 4 is 40.0 Å². The molecule has 1 aromatic carbocycles. The zero-order valence-electron chi connectivity index (χ0n) is 17.6. The number of nitrogens with zero attached hydrogens (tertiary/aromatic N) is 2. The van der Waals surface area contributed by atoms with Crippen molar-refractivity contribution in [1.82, 2.24) is 15.5 Å². The zero-order chi connectivity index (χ0) is 20.7. The maximum absolute atomic E-state index is 11.4. The smallest absolute Gasteiger partial charge is 0.238 e. The summed E-state index contributed by atoms with van der Waals surface area (Å²) in [6.07, 6.45) is 6.24. The third-order valence-electron chi connectivity index (χ3n) is 5.99. The van der Waals surface area contributed by atoms with E-state index in [0.29, 0.717) is 6.54 Å². The predicted octanol–water partition coefficient (Wildman–Crippen LogP) is 1.65. The molecule has 8 nitrogen and oxygen atoms in total. The van der Waals surface area contributed by atoms with Gasteiger partial charge in [0, 0.05) is 38.8 Å². The average Bonchev–Trinajstić information content (AvgIpc) is 2.75. The van der Waals surface area contributed by atoms with Gasteiger partial charge in [0.1, 0.15) is 0 Å². The number of ether oxygens (including phenoxy) is 1. The molecule has 2 aliphatic rings. The summed E-state index contributed by atoms with van der Waals surface area (Å²) in [5, 5.41) is 12.0. The van der Waals surface area contributed by atoms with Crippen LogP contribution in [0, 0.1) is 0 Å². The third kappa shape index (κ3) is 6.78. The van der Waals surface area contributed by atoms with Gasteiger partial charge in [-0.25, -0.2) is 13.6 Å². The number of aliphatic imine (C=N–C) groups is 1. The Hall–Kier alpha value is -0.950. The molecule has 0 unspecified atom stereocenters. The Kier molecular flexibility index (Phi) is 9.79. The van der Waals surface area contributed by atoms with Gasteiger partial charge in [-0.05, 0) is 30.5 Å². The summed E-state index contributed by atoms with van der Waals surface area (Å²) in [4.78, 5) is 7.07. The SMILES string of the molecule is CN=C(NCc1ccc(S(N)(=O)=O)cc1)NCC1(N2CCOCC2)CCCCC1.I. The fraction of sp³-hybridized carbons (Fsp3) is 0.650. The van der Waals surface area contributed by atoms with Crippen molar-refractivity contribution in [1.29, 1.82) is 0 Å². The minimum atomic E-state index is -3.66. The van der Waals surface area contributed by atoms with E-state index >= 15 is 0 Å². The summed E-state index contributed by atoms with van der Waals surface area (Å²) >= 11 is 0. The van der Waals surface area contributed by atoms with Gasteiger partial charge < -0.3 is 15.4 Å². The summed E-state index contributed by atoms with van der Waals surface area (Å²) in [5.74, 6) is 0.749. The van der Waals surface area contributed by atoms with Crippen LogP contribution in [-0.4, -0.2) is 64.7 Å². The largest absolute Gasteiger partial charge is 0.379 e. The maximum Gasteiger partial charge on any atom is 0.238 e. The molecule has 1 aliphatic carbocycles. The summed E-state index contributed by atoms with van der Waals surface area (Å²) in [6.45, 7) is 5.01. The van der Waals surface area contributed by atoms with Crippen molar-refractivity contribution in [2.45, 2.75) is 49.1 Å². The molecule has 10 heteroatoms. The van der Waals surface area contributed by atoms with E-state index in [1.807, 2.05) is 0 Å². The molecule has 0 atom stereocenters. The highest BCUT2D eigenvalue weighted by atomic mass is 127. The first-order chi connectivity index (χ1) is 13.9. The van der Waals surface area contributed by atoms with Crippen molar-refractivity contribution in [2.75, 3.05) is 39.9 Å². The topological polar surface area (TPSA) is 109 Å². The van der Waals surface area contributed by atoms with Gasteiger partial charge in [-0.3, -0.25) is 9.89 Å². The highest BCUT2D eigenvalue weighted by Crippen LogP contribution is 2.33. The highest BCUT2D eigenvalue weighted by molar-refractivity contribution is 14.0. The Morgan fingerprint density at radius 1 is 1.13 bits per heavy atom. The van der Waals surface area contributed by atoms with Gasteiger partial charge >= 0.3 is 0 Å². The number of nitrogens with one attached hydrogen (secondary N) is 2. The van der Waals surface area contributed by atoms with E-state index in [4.69, 9.17) is 9.88 Å². The number of rotatable bonds is 6. The Morgan fingerprint density at radius 2 is 1.77 bits per heavy atom. The van der Waals surface area contributed by atoms with Gasteiger partial charge in [-0.1, -0.05) is 31.4 Å². The van der Waals surface area contributed by atoms with Crippen molar-refractivity contribution in [3.05, 3.63) is 29.8 Å². The summed E-state index contributed by atoms with van der Waals surface area (Å²) < 4.78 is 28.3.